The fourth-order valence-corrected chi connectivity index (χ4v) is 4.55. The summed E-state index contributed by atoms with van der Waals surface area (Å²) in [6.45, 7) is 2.88. The third kappa shape index (κ3) is 3.65. The lowest BCUT2D eigenvalue weighted by Gasteiger charge is -2.31. The average Bonchev–Trinajstić information content (AvgIpc) is 2.97. The van der Waals surface area contributed by atoms with E-state index in [1.165, 1.54) is 12.1 Å². The highest BCUT2D eigenvalue weighted by Gasteiger charge is 2.27. The van der Waals surface area contributed by atoms with Gasteiger partial charge in [-0.05, 0) is 75.9 Å². The zero-order valence-corrected chi connectivity index (χ0v) is 16.0. The maximum absolute atomic E-state index is 13.0. The predicted octanol–water partition coefficient (Wildman–Crippen LogP) is 3.51. The molecule has 1 fully saturated rings. The Morgan fingerprint density at radius 3 is 2.11 bits per heavy atom. The monoisotopic (exact) mass is 386 g/mol. The second-order valence-electron chi connectivity index (χ2n) is 7.95. The number of likely N-dealkylation sites (tertiary alicyclic amines) is 1. The van der Waals surface area contributed by atoms with Gasteiger partial charge in [0.15, 0.2) is 17.5 Å². The van der Waals surface area contributed by atoms with Gasteiger partial charge in [-0.2, -0.15) is 0 Å². The second kappa shape index (κ2) is 7.95. The van der Waals surface area contributed by atoms with Gasteiger partial charge in [0.05, 0.1) is 0 Å². The Labute approximate surface area is 164 Å². The maximum Gasteiger partial charge on any atom is 0.197 e. The summed E-state index contributed by atoms with van der Waals surface area (Å²) < 4.78 is 14.7. The van der Waals surface area contributed by atoms with Crippen molar-refractivity contribution in [3.8, 4) is 11.8 Å². The first-order valence-electron chi connectivity index (χ1n) is 10.2. The number of hydrogen-bond acceptors (Lipinski definition) is 4. The number of rotatable bonds is 5. The number of nitrogens with zero attached hydrogens (tertiary/aromatic N) is 2. The van der Waals surface area contributed by atoms with Gasteiger partial charge in [-0.3, -0.25) is 9.36 Å². The first-order valence-corrected chi connectivity index (χ1v) is 10.2. The maximum atomic E-state index is 13.0. The summed E-state index contributed by atoms with van der Waals surface area (Å²) in [5.41, 5.74) is 2.40. The summed E-state index contributed by atoms with van der Waals surface area (Å²) in [6, 6.07) is 5.78. The van der Waals surface area contributed by atoms with E-state index in [4.69, 9.17) is 0 Å². The number of carbonyl (C=O) groups is 1. The molecule has 5 nitrogen and oxygen atoms in total. The van der Waals surface area contributed by atoms with Crippen LogP contribution in [-0.4, -0.2) is 45.1 Å². The molecule has 0 amide bonds. The molecule has 1 saturated heterocycles. The van der Waals surface area contributed by atoms with Gasteiger partial charge in [-0.15, -0.1) is 0 Å². The number of fused-ring (bicyclic) bond motifs is 1. The van der Waals surface area contributed by atoms with E-state index in [2.05, 4.69) is 4.90 Å². The van der Waals surface area contributed by atoms with Crippen molar-refractivity contribution in [2.75, 3.05) is 19.6 Å². The molecule has 2 aliphatic rings. The normalized spacial score (nSPS) is 18.2. The number of hydrogen-bond donors (Lipinski definition) is 2. The fraction of sp³-hybridized carbons (Fsp3) is 0.500. The number of aromatic hydroxyl groups is 2. The van der Waals surface area contributed by atoms with E-state index in [0.717, 1.165) is 69.3 Å². The minimum Gasteiger partial charge on any atom is -0.494 e. The van der Waals surface area contributed by atoms with Gasteiger partial charge < -0.3 is 15.1 Å². The summed E-state index contributed by atoms with van der Waals surface area (Å²) in [6.07, 6.45) is 5.32. The van der Waals surface area contributed by atoms with Crippen LogP contribution in [0.4, 0.5) is 4.39 Å². The van der Waals surface area contributed by atoms with E-state index in [1.807, 2.05) is 0 Å². The highest BCUT2D eigenvalue weighted by Crippen LogP contribution is 2.38. The van der Waals surface area contributed by atoms with Crippen molar-refractivity contribution in [2.45, 2.75) is 45.1 Å². The first kappa shape index (κ1) is 19.0. The molecule has 0 atom stereocenters. The van der Waals surface area contributed by atoms with Crippen molar-refractivity contribution in [2.24, 2.45) is 5.92 Å². The number of halogens is 1. The third-order valence-electron chi connectivity index (χ3n) is 6.25. The number of Topliss-reactive ketones (excluding diaryl/α,β-unsaturated/α-hetero) is 1. The predicted molar refractivity (Wildman–Crippen MR) is 104 cm³/mol. The second-order valence-corrected chi connectivity index (χ2v) is 7.95. The highest BCUT2D eigenvalue weighted by atomic mass is 19.1. The van der Waals surface area contributed by atoms with E-state index in [0.29, 0.717) is 12.1 Å². The molecule has 2 aromatic rings. The van der Waals surface area contributed by atoms with Crippen molar-refractivity contribution in [3.63, 3.8) is 0 Å². The Bertz CT molecular complexity index is 822. The van der Waals surface area contributed by atoms with Gasteiger partial charge in [0, 0.05) is 35.7 Å². The number of piperidine rings is 1. The van der Waals surface area contributed by atoms with Crippen molar-refractivity contribution in [3.05, 3.63) is 46.8 Å². The van der Waals surface area contributed by atoms with E-state index < -0.39 is 0 Å². The summed E-state index contributed by atoms with van der Waals surface area (Å²) in [5, 5.41) is 20.9. The SMILES string of the molecule is O=C(c1ccc(F)cc1)C1CCN(CCn2c(O)c3c(c2O)CCCC3)CC1. The molecule has 4 rings (SSSR count). The lowest BCUT2D eigenvalue weighted by Crippen LogP contribution is -2.38. The molecule has 2 heterocycles. The minimum absolute atomic E-state index is 0.0255. The van der Waals surface area contributed by atoms with Crippen LogP contribution >= 0.6 is 0 Å². The summed E-state index contributed by atoms with van der Waals surface area (Å²) >= 11 is 0. The van der Waals surface area contributed by atoms with Crippen LogP contribution in [0.15, 0.2) is 24.3 Å². The smallest absolute Gasteiger partial charge is 0.197 e. The van der Waals surface area contributed by atoms with Crippen molar-refractivity contribution >= 4 is 5.78 Å². The Hall–Kier alpha value is -2.34. The lowest BCUT2D eigenvalue weighted by molar-refractivity contribution is 0.0836. The average molecular weight is 386 g/mol. The summed E-state index contributed by atoms with van der Waals surface area (Å²) in [4.78, 5) is 14.9. The molecule has 2 N–H and O–H groups in total. The molecule has 28 heavy (non-hydrogen) atoms. The number of benzene rings is 1. The molecule has 0 spiro atoms. The molecule has 1 aliphatic carbocycles. The molecular weight excluding hydrogens is 359 g/mol. The van der Waals surface area contributed by atoms with Crippen LogP contribution in [0.25, 0.3) is 0 Å². The van der Waals surface area contributed by atoms with E-state index in [9.17, 15) is 19.4 Å². The van der Waals surface area contributed by atoms with E-state index in [-0.39, 0.29) is 29.3 Å². The quantitative estimate of drug-likeness (QED) is 0.772. The zero-order valence-electron chi connectivity index (χ0n) is 16.0. The first-order chi connectivity index (χ1) is 13.5. The van der Waals surface area contributed by atoms with Gasteiger partial charge in [-0.25, -0.2) is 4.39 Å². The molecule has 0 bridgehead atoms. The Kier molecular flexibility index (Phi) is 5.40. The molecule has 150 valence electrons. The van der Waals surface area contributed by atoms with E-state index in [1.54, 1.807) is 16.7 Å². The van der Waals surface area contributed by atoms with Gasteiger partial charge in [0.1, 0.15) is 5.82 Å². The fourth-order valence-electron chi connectivity index (χ4n) is 4.55. The Balaban J connectivity index is 1.32. The molecule has 0 radical (unpaired) electrons. The topological polar surface area (TPSA) is 65.7 Å². The molecule has 1 aromatic carbocycles. The van der Waals surface area contributed by atoms with Crippen LogP contribution in [0.5, 0.6) is 11.8 Å². The van der Waals surface area contributed by atoms with Crippen LogP contribution in [0.3, 0.4) is 0 Å². The van der Waals surface area contributed by atoms with Gasteiger partial charge in [-0.1, -0.05) is 0 Å². The van der Waals surface area contributed by atoms with Crippen LogP contribution < -0.4 is 0 Å². The summed E-state index contributed by atoms with van der Waals surface area (Å²) in [5.74, 6) is 0.169. The molecule has 1 aromatic heterocycles. The largest absolute Gasteiger partial charge is 0.494 e. The molecule has 6 heteroatoms. The van der Waals surface area contributed by atoms with Crippen molar-refractivity contribution in [1.82, 2.24) is 9.47 Å². The molecule has 0 unspecified atom stereocenters. The minimum atomic E-state index is -0.329. The van der Waals surface area contributed by atoms with E-state index >= 15 is 0 Å². The molecule has 0 saturated carbocycles. The highest BCUT2D eigenvalue weighted by molar-refractivity contribution is 5.97. The Morgan fingerprint density at radius 1 is 0.964 bits per heavy atom. The molecule has 1 aliphatic heterocycles. The van der Waals surface area contributed by atoms with Crippen LogP contribution in [0.1, 0.15) is 47.2 Å². The number of carbonyl (C=O) groups excluding carboxylic acids is 1. The number of aromatic nitrogens is 1. The Morgan fingerprint density at radius 2 is 1.54 bits per heavy atom. The van der Waals surface area contributed by atoms with Crippen LogP contribution in [-0.2, 0) is 19.4 Å². The van der Waals surface area contributed by atoms with Gasteiger partial charge >= 0.3 is 0 Å². The third-order valence-corrected chi connectivity index (χ3v) is 6.25. The lowest BCUT2D eigenvalue weighted by atomic mass is 9.89. The number of ketones is 1. The summed E-state index contributed by atoms with van der Waals surface area (Å²) in [7, 11) is 0. The molecular formula is C22H27FN2O3. The zero-order chi connectivity index (χ0) is 19.7. The van der Waals surface area contributed by atoms with Crippen LogP contribution in [0, 0.1) is 11.7 Å². The standard InChI is InChI=1S/C22H27FN2O3/c23-17-7-5-15(6-8-17)20(26)16-9-11-24(12-10-16)13-14-25-21(27)18-3-1-2-4-19(18)22(25)28/h5-8,16,27-28H,1-4,9-14H2. The van der Waals surface area contributed by atoms with Crippen LogP contribution in [0.2, 0.25) is 0 Å². The van der Waals surface area contributed by atoms with Gasteiger partial charge in [0.25, 0.3) is 0 Å². The van der Waals surface area contributed by atoms with Crippen molar-refractivity contribution < 1.29 is 19.4 Å². The van der Waals surface area contributed by atoms with Gasteiger partial charge in [0.2, 0.25) is 0 Å². The van der Waals surface area contributed by atoms with Crippen molar-refractivity contribution in [1.29, 1.82) is 0 Å².